The maximum atomic E-state index is 13.3. The molecule has 0 fully saturated rings. The SMILES string of the molecule is O=c1c2ccccc2nc(-c2ccccc2)n1/N=C/c1ccc(Oc2ccc3ccccc3c2)cc1. The Morgan fingerprint density at radius 2 is 1.39 bits per heavy atom. The highest BCUT2D eigenvalue weighted by molar-refractivity contribution is 5.84. The first kappa shape index (κ1) is 21.5. The number of hydrogen-bond acceptors (Lipinski definition) is 4. The van der Waals surface area contributed by atoms with E-state index in [0.29, 0.717) is 16.7 Å². The highest BCUT2D eigenvalue weighted by atomic mass is 16.5. The molecule has 0 bridgehead atoms. The molecule has 0 unspecified atom stereocenters. The minimum Gasteiger partial charge on any atom is -0.457 e. The fourth-order valence-electron chi connectivity index (χ4n) is 4.12. The van der Waals surface area contributed by atoms with E-state index in [0.717, 1.165) is 28.0 Å². The molecule has 0 amide bonds. The summed E-state index contributed by atoms with van der Waals surface area (Å²) in [6, 6.07) is 38.7. The van der Waals surface area contributed by atoms with Crippen molar-refractivity contribution in [3.8, 4) is 22.9 Å². The molecule has 0 saturated carbocycles. The molecule has 5 aromatic carbocycles. The topological polar surface area (TPSA) is 56.5 Å². The van der Waals surface area contributed by atoms with Gasteiger partial charge in [-0.25, -0.2) is 4.98 Å². The van der Waals surface area contributed by atoms with Crippen LogP contribution in [0.1, 0.15) is 5.56 Å². The van der Waals surface area contributed by atoms with Crippen LogP contribution in [0.3, 0.4) is 0 Å². The van der Waals surface area contributed by atoms with E-state index in [9.17, 15) is 4.79 Å². The Hall–Kier alpha value is -5.03. The first-order chi connectivity index (χ1) is 17.7. The van der Waals surface area contributed by atoms with E-state index in [1.165, 1.54) is 10.1 Å². The predicted octanol–water partition coefficient (Wildman–Crippen LogP) is 6.89. The molecule has 5 nitrogen and oxygen atoms in total. The fourth-order valence-corrected chi connectivity index (χ4v) is 4.12. The Bertz CT molecular complexity index is 1770. The molecule has 0 radical (unpaired) electrons. The summed E-state index contributed by atoms with van der Waals surface area (Å²) in [5.74, 6) is 1.99. The van der Waals surface area contributed by atoms with Gasteiger partial charge in [-0.3, -0.25) is 4.79 Å². The van der Waals surface area contributed by atoms with E-state index < -0.39 is 0 Å². The first-order valence-electron chi connectivity index (χ1n) is 11.6. The normalized spacial score (nSPS) is 11.3. The number of ether oxygens (including phenoxy) is 1. The Labute approximate surface area is 207 Å². The van der Waals surface area contributed by atoms with Crippen molar-refractivity contribution >= 4 is 27.9 Å². The van der Waals surface area contributed by atoms with Crippen molar-refractivity contribution in [1.29, 1.82) is 0 Å². The minimum atomic E-state index is -0.216. The Morgan fingerprint density at radius 1 is 0.694 bits per heavy atom. The van der Waals surface area contributed by atoms with Crippen molar-refractivity contribution in [2.24, 2.45) is 5.10 Å². The smallest absolute Gasteiger partial charge is 0.282 e. The maximum Gasteiger partial charge on any atom is 0.282 e. The van der Waals surface area contributed by atoms with Crippen LogP contribution in [-0.2, 0) is 0 Å². The van der Waals surface area contributed by atoms with Gasteiger partial charge in [-0.1, -0.05) is 72.8 Å². The second-order valence-electron chi connectivity index (χ2n) is 8.36. The zero-order chi connectivity index (χ0) is 24.3. The summed E-state index contributed by atoms with van der Waals surface area (Å²) in [6.07, 6.45) is 1.66. The minimum absolute atomic E-state index is 0.216. The van der Waals surface area contributed by atoms with Crippen molar-refractivity contribution in [3.63, 3.8) is 0 Å². The Morgan fingerprint density at radius 3 is 2.22 bits per heavy atom. The number of rotatable bonds is 5. The molecule has 5 heteroatoms. The van der Waals surface area contributed by atoms with Gasteiger partial charge >= 0.3 is 0 Å². The number of para-hydroxylation sites is 1. The number of fused-ring (bicyclic) bond motifs is 2. The van der Waals surface area contributed by atoms with Crippen molar-refractivity contribution in [3.05, 3.63) is 137 Å². The Balaban J connectivity index is 1.31. The molecule has 0 spiro atoms. The van der Waals surface area contributed by atoms with Crippen LogP contribution in [0.5, 0.6) is 11.5 Å². The van der Waals surface area contributed by atoms with Crippen molar-refractivity contribution in [2.45, 2.75) is 0 Å². The highest BCUT2D eigenvalue weighted by Gasteiger charge is 2.12. The van der Waals surface area contributed by atoms with E-state index in [4.69, 9.17) is 9.72 Å². The number of aromatic nitrogens is 2. The predicted molar refractivity (Wildman–Crippen MR) is 145 cm³/mol. The molecule has 0 aliphatic rings. The van der Waals surface area contributed by atoms with Crippen LogP contribution < -0.4 is 10.3 Å². The molecule has 0 aliphatic heterocycles. The molecular formula is C31H21N3O2. The van der Waals surface area contributed by atoms with E-state index in [2.05, 4.69) is 17.2 Å². The molecule has 1 aromatic heterocycles. The molecule has 6 rings (SSSR count). The highest BCUT2D eigenvalue weighted by Crippen LogP contribution is 2.26. The van der Waals surface area contributed by atoms with Gasteiger partial charge in [0.25, 0.3) is 5.56 Å². The van der Waals surface area contributed by atoms with Crippen LogP contribution >= 0.6 is 0 Å². The standard InChI is InChI=1S/C31H21N3O2/c35-31-28-12-6-7-13-29(28)33-30(24-9-2-1-3-10-24)34(31)32-21-22-14-17-26(18-15-22)36-27-19-16-23-8-4-5-11-25(23)20-27/h1-21H/b32-21+. The van der Waals surface area contributed by atoms with Crippen molar-refractivity contribution in [1.82, 2.24) is 9.66 Å². The summed E-state index contributed by atoms with van der Waals surface area (Å²) >= 11 is 0. The van der Waals surface area contributed by atoms with Gasteiger partial charge in [0, 0.05) is 5.56 Å². The second-order valence-corrected chi connectivity index (χ2v) is 8.36. The lowest BCUT2D eigenvalue weighted by atomic mass is 10.1. The fraction of sp³-hybridized carbons (Fsp3) is 0. The molecule has 0 atom stereocenters. The molecular weight excluding hydrogens is 446 g/mol. The number of nitrogens with zero attached hydrogens (tertiary/aromatic N) is 3. The molecule has 0 N–H and O–H groups in total. The van der Waals surface area contributed by atoms with E-state index >= 15 is 0 Å². The summed E-state index contributed by atoms with van der Waals surface area (Å²) < 4.78 is 7.40. The second kappa shape index (κ2) is 9.31. The third-order valence-corrected chi connectivity index (χ3v) is 5.94. The van der Waals surface area contributed by atoms with Crippen LogP contribution in [-0.4, -0.2) is 15.9 Å². The first-order valence-corrected chi connectivity index (χ1v) is 11.6. The molecule has 172 valence electrons. The van der Waals surface area contributed by atoms with Crippen LogP contribution in [0.25, 0.3) is 33.1 Å². The molecule has 1 heterocycles. The van der Waals surface area contributed by atoms with Gasteiger partial charge in [-0.15, -0.1) is 0 Å². The third-order valence-electron chi connectivity index (χ3n) is 5.94. The van der Waals surface area contributed by atoms with Crippen LogP contribution in [0.4, 0.5) is 0 Å². The van der Waals surface area contributed by atoms with Gasteiger partial charge in [0.05, 0.1) is 17.1 Å². The van der Waals surface area contributed by atoms with Crippen LogP contribution in [0.2, 0.25) is 0 Å². The molecule has 0 aliphatic carbocycles. The summed E-state index contributed by atoms with van der Waals surface area (Å²) in [5, 5.41) is 7.35. The lowest BCUT2D eigenvalue weighted by Crippen LogP contribution is -2.20. The van der Waals surface area contributed by atoms with Gasteiger partial charge in [0.1, 0.15) is 11.5 Å². The lowest BCUT2D eigenvalue weighted by molar-refractivity contribution is 0.483. The molecule has 36 heavy (non-hydrogen) atoms. The average molecular weight is 468 g/mol. The van der Waals surface area contributed by atoms with Gasteiger partial charge in [-0.2, -0.15) is 9.78 Å². The van der Waals surface area contributed by atoms with Gasteiger partial charge in [-0.05, 0) is 64.9 Å². The zero-order valence-electron chi connectivity index (χ0n) is 19.3. The van der Waals surface area contributed by atoms with Gasteiger partial charge in [0.2, 0.25) is 0 Å². The zero-order valence-corrected chi connectivity index (χ0v) is 19.3. The monoisotopic (exact) mass is 467 g/mol. The maximum absolute atomic E-state index is 13.3. The summed E-state index contributed by atoms with van der Waals surface area (Å²) in [4.78, 5) is 18.0. The summed E-state index contributed by atoms with van der Waals surface area (Å²) in [6.45, 7) is 0. The lowest BCUT2D eigenvalue weighted by Gasteiger charge is -2.09. The summed E-state index contributed by atoms with van der Waals surface area (Å²) in [5.41, 5.74) is 2.08. The van der Waals surface area contributed by atoms with E-state index in [1.54, 1.807) is 12.3 Å². The quantitative estimate of drug-likeness (QED) is 0.259. The van der Waals surface area contributed by atoms with E-state index in [1.807, 2.05) is 103 Å². The van der Waals surface area contributed by atoms with Gasteiger partial charge < -0.3 is 4.74 Å². The number of benzene rings is 5. The third kappa shape index (κ3) is 4.26. The van der Waals surface area contributed by atoms with E-state index in [-0.39, 0.29) is 5.56 Å². The van der Waals surface area contributed by atoms with Crippen LogP contribution in [0.15, 0.2) is 131 Å². The average Bonchev–Trinajstić information content (AvgIpc) is 2.94. The largest absolute Gasteiger partial charge is 0.457 e. The van der Waals surface area contributed by atoms with Gasteiger partial charge in [0.15, 0.2) is 5.82 Å². The molecule has 6 aromatic rings. The Kier molecular flexibility index (Phi) is 5.56. The van der Waals surface area contributed by atoms with Crippen LogP contribution in [0, 0.1) is 0 Å². The van der Waals surface area contributed by atoms with Crippen molar-refractivity contribution in [2.75, 3.05) is 0 Å². The summed E-state index contributed by atoms with van der Waals surface area (Å²) in [7, 11) is 0. The molecule has 0 saturated heterocycles. The number of hydrogen-bond donors (Lipinski definition) is 0. The van der Waals surface area contributed by atoms with Crippen molar-refractivity contribution < 1.29 is 4.74 Å².